The Balaban J connectivity index is 1.88. The van der Waals surface area contributed by atoms with Crippen LogP contribution in [0.3, 0.4) is 0 Å². The summed E-state index contributed by atoms with van der Waals surface area (Å²) in [6.07, 6.45) is 3.45. The zero-order chi connectivity index (χ0) is 14.8. The van der Waals surface area contributed by atoms with E-state index in [-0.39, 0.29) is 12.1 Å². The van der Waals surface area contributed by atoms with Crippen LogP contribution in [0.5, 0.6) is 5.75 Å². The number of nitrogens with two attached hydrogens (primary N) is 1. The second kappa shape index (κ2) is 6.20. The van der Waals surface area contributed by atoms with E-state index in [2.05, 4.69) is 40.2 Å². The van der Waals surface area contributed by atoms with Gasteiger partial charge in [0.25, 0.3) is 0 Å². The largest absolute Gasteiger partial charge is 0.484 e. The highest BCUT2D eigenvalue weighted by atomic mass is 79.9. The normalized spacial score (nSPS) is 16.3. The maximum Gasteiger partial charge on any atom is 0.140 e. The average molecular weight is 346 g/mol. The van der Waals surface area contributed by atoms with Gasteiger partial charge in [-0.3, -0.25) is 0 Å². The highest BCUT2D eigenvalue weighted by Crippen LogP contribution is 2.32. The molecule has 110 valence electrons. The molecule has 1 aliphatic carbocycles. The summed E-state index contributed by atoms with van der Waals surface area (Å²) in [5.41, 5.74) is 10.1. The molecule has 0 aliphatic heterocycles. The maximum absolute atomic E-state index is 6.21. The van der Waals surface area contributed by atoms with E-state index in [0.29, 0.717) is 0 Å². The number of hydrogen-bond acceptors (Lipinski definition) is 2. The Morgan fingerprint density at radius 1 is 1.10 bits per heavy atom. The third-order valence-electron chi connectivity index (χ3n) is 4.02. The lowest BCUT2D eigenvalue weighted by Gasteiger charge is -2.24. The lowest BCUT2D eigenvalue weighted by atomic mass is 10.0. The van der Waals surface area contributed by atoms with Crippen molar-refractivity contribution in [3.05, 3.63) is 63.6 Å². The van der Waals surface area contributed by atoms with Crippen molar-refractivity contribution >= 4 is 15.9 Å². The Morgan fingerprint density at radius 3 is 2.62 bits per heavy atom. The van der Waals surface area contributed by atoms with Gasteiger partial charge in [-0.2, -0.15) is 0 Å². The van der Waals surface area contributed by atoms with E-state index < -0.39 is 0 Å². The highest BCUT2D eigenvalue weighted by molar-refractivity contribution is 9.10. The average Bonchev–Trinajstić information content (AvgIpc) is 2.93. The van der Waals surface area contributed by atoms with Gasteiger partial charge in [0, 0.05) is 16.1 Å². The number of rotatable bonds is 4. The third-order valence-corrected chi connectivity index (χ3v) is 4.74. The first-order valence-electron chi connectivity index (χ1n) is 7.43. The van der Waals surface area contributed by atoms with E-state index in [4.69, 9.17) is 10.5 Å². The topological polar surface area (TPSA) is 35.2 Å². The Kier molecular flexibility index (Phi) is 4.32. The first kappa shape index (κ1) is 14.6. The lowest BCUT2D eigenvalue weighted by molar-refractivity contribution is 0.179. The fourth-order valence-corrected chi connectivity index (χ4v) is 3.44. The molecule has 2 N–H and O–H groups in total. The Bertz CT molecular complexity index is 639. The van der Waals surface area contributed by atoms with Crippen LogP contribution in [-0.2, 0) is 12.8 Å². The minimum atomic E-state index is -0.153. The summed E-state index contributed by atoms with van der Waals surface area (Å²) in [5, 5.41) is 0. The molecular formula is C18H20BrNO. The van der Waals surface area contributed by atoms with Gasteiger partial charge in [0.1, 0.15) is 11.9 Å². The summed E-state index contributed by atoms with van der Waals surface area (Å²) in [6.45, 7) is 1.98. The van der Waals surface area contributed by atoms with E-state index in [0.717, 1.165) is 22.2 Å². The van der Waals surface area contributed by atoms with Crippen LogP contribution in [0.2, 0.25) is 0 Å². The van der Waals surface area contributed by atoms with E-state index in [1.54, 1.807) is 0 Å². The van der Waals surface area contributed by atoms with Crippen LogP contribution in [0.15, 0.2) is 46.9 Å². The first-order valence-corrected chi connectivity index (χ1v) is 8.23. The lowest BCUT2D eigenvalue weighted by Crippen LogP contribution is -2.29. The monoisotopic (exact) mass is 345 g/mol. The van der Waals surface area contributed by atoms with Crippen molar-refractivity contribution in [2.75, 3.05) is 0 Å². The molecule has 0 heterocycles. The van der Waals surface area contributed by atoms with Crippen molar-refractivity contribution in [3.8, 4) is 5.75 Å². The van der Waals surface area contributed by atoms with Gasteiger partial charge in [0.2, 0.25) is 0 Å². The number of hydrogen-bond donors (Lipinski definition) is 1. The maximum atomic E-state index is 6.21. The second-order valence-electron chi connectivity index (χ2n) is 5.70. The molecular weight excluding hydrogens is 326 g/mol. The van der Waals surface area contributed by atoms with Crippen molar-refractivity contribution in [1.29, 1.82) is 0 Å². The van der Waals surface area contributed by atoms with Gasteiger partial charge >= 0.3 is 0 Å². The second-order valence-corrected chi connectivity index (χ2v) is 6.56. The van der Waals surface area contributed by atoms with Crippen LogP contribution >= 0.6 is 15.9 Å². The van der Waals surface area contributed by atoms with Crippen molar-refractivity contribution < 1.29 is 4.74 Å². The summed E-state index contributed by atoms with van der Waals surface area (Å²) in [6, 6.07) is 14.4. The Morgan fingerprint density at radius 2 is 1.86 bits per heavy atom. The van der Waals surface area contributed by atoms with Crippen LogP contribution in [0, 0.1) is 0 Å². The molecule has 2 nitrogen and oxygen atoms in total. The molecule has 0 amide bonds. The third kappa shape index (κ3) is 3.14. The van der Waals surface area contributed by atoms with E-state index >= 15 is 0 Å². The van der Waals surface area contributed by atoms with E-state index in [1.807, 2.05) is 25.1 Å². The van der Waals surface area contributed by atoms with Crippen LogP contribution in [0.1, 0.15) is 36.1 Å². The van der Waals surface area contributed by atoms with E-state index in [9.17, 15) is 0 Å². The van der Waals surface area contributed by atoms with Gasteiger partial charge < -0.3 is 10.5 Å². The van der Waals surface area contributed by atoms with Crippen LogP contribution in [0.4, 0.5) is 0 Å². The van der Waals surface area contributed by atoms with Gasteiger partial charge in [-0.05, 0) is 55.5 Å². The van der Waals surface area contributed by atoms with Crippen LogP contribution < -0.4 is 10.5 Å². The summed E-state index contributed by atoms with van der Waals surface area (Å²) in [7, 11) is 0. The van der Waals surface area contributed by atoms with Crippen molar-refractivity contribution in [2.45, 2.75) is 38.3 Å². The molecule has 3 heteroatoms. The zero-order valence-electron chi connectivity index (χ0n) is 12.2. The number of aryl methyl sites for hydroxylation is 2. The Hall–Kier alpha value is -1.32. The first-order chi connectivity index (χ1) is 10.1. The standard InChI is InChI=1S/C18H20BrNO/c1-12(20)18(16-7-2-3-8-17(16)19)21-15-10-9-13-5-4-6-14(13)11-15/h2-3,7-12,18H,4-6,20H2,1H3. The molecule has 0 bridgehead atoms. The molecule has 0 spiro atoms. The molecule has 2 atom stereocenters. The van der Waals surface area contributed by atoms with Crippen molar-refractivity contribution in [2.24, 2.45) is 5.73 Å². The number of benzene rings is 2. The predicted molar refractivity (Wildman–Crippen MR) is 89.6 cm³/mol. The fourth-order valence-electron chi connectivity index (χ4n) is 2.93. The minimum Gasteiger partial charge on any atom is -0.484 e. The summed E-state index contributed by atoms with van der Waals surface area (Å²) >= 11 is 3.59. The summed E-state index contributed by atoms with van der Waals surface area (Å²) in [5.74, 6) is 0.911. The highest BCUT2D eigenvalue weighted by Gasteiger charge is 2.21. The minimum absolute atomic E-state index is 0.0862. The number of fused-ring (bicyclic) bond motifs is 1. The molecule has 0 radical (unpaired) electrons. The van der Waals surface area contributed by atoms with Gasteiger partial charge in [-0.15, -0.1) is 0 Å². The van der Waals surface area contributed by atoms with Crippen molar-refractivity contribution in [1.82, 2.24) is 0 Å². The molecule has 3 rings (SSSR count). The molecule has 0 saturated carbocycles. The molecule has 21 heavy (non-hydrogen) atoms. The number of halogens is 1. The van der Waals surface area contributed by atoms with Gasteiger partial charge in [0.05, 0.1) is 0 Å². The quantitative estimate of drug-likeness (QED) is 0.890. The van der Waals surface area contributed by atoms with E-state index in [1.165, 1.54) is 24.0 Å². The molecule has 0 aromatic heterocycles. The fraction of sp³-hybridized carbons (Fsp3) is 0.333. The molecule has 2 unspecified atom stereocenters. The number of ether oxygens (including phenoxy) is 1. The summed E-state index contributed by atoms with van der Waals surface area (Å²) < 4.78 is 7.25. The zero-order valence-corrected chi connectivity index (χ0v) is 13.8. The molecule has 2 aromatic rings. The predicted octanol–water partition coefficient (Wildman–Crippen LogP) is 4.41. The van der Waals surface area contributed by atoms with Gasteiger partial charge in [-0.1, -0.05) is 40.2 Å². The van der Waals surface area contributed by atoms with Gasteiger partial charge in [-0.25, -0.2) is 0 Å². The Labute approximate surface area is 134 Å². The molecule has 1 aliphatic rings. The van der Waals surface area contributed by atoms with Crippen molar-refractivity contribution in [3.63, 3.8) is 0 Å². The molecule has 0 fully saturated rings. The smallest absolute Gasteiger partial charge is 0.140 e. The molecule has 0 saturated heterocycles. The summed E-state index contributed by atoms with van der Waals surface area (Å²) in [4.78, 5) is 0. The van der Waals surface area contributed by atoms with Crippen LogP contribution in [0.25, 0.3) is 0 Å². The van der Waals surface area contributed by atoms with Crippen LogP contribution in [-0.4, -0.2) is 6.04 Å². The molecule has 2 aromatic carbocycles. The SMILES string of the molecule is CC(N)C(Oc1ccc2c(c1)CCC2)c1ccccc1Br. The van der Waals surface area contributed by atoms with Gasteiger partial charge in [0.15, 0.2) is 0 Å².